The molecule has 1 unspecified atom stereocenters. The van der Waals surface area contributed by atoms with Crippen molar-refractivity contribution in [1.29, 1.82) is 0 Å². The van der Waals surface area contributed by atoms with E-state index in [1.165, 1.54) is 15.4 Å². The number of benzene rings is 3. The maximum absolute atomic E-state index is 13.0. The van der Waals surface area contributed by atoms with Crippen LogP contribution >= 0.6 is 0 Å². The molecule has 0 spiro atoms. The Morgan fingerprint density at radius 1 is 0.853 bits per heavy atom. The van der Waals surface area contributed by atoms with E-state index in [-0.39, 0.29) is 37.0 Å². The predicted molar refractivity (Wildman–Crippen MR) is 128 cm³/mol. The first-order valence-electron chi connectivity index (χ1n) is 11.4. The normalized spacial score (nSPS) is 17.0. The zero-order chi connectivity index (χ0) is 23.9. The molecule has 0 saturated carbocycles. The Morgan fingerprint density at radius 2 is 1.53 bits per heavy atom. The lowest BCUT2D eigenvalue weighted by atomic mass is 10.00. The van der Waals surface area contributed by atoms with Crippen LogP contribution < -0.4 is 0 Å². The lowest BCUT2D eigenvalue weighted by Gasteiger charge is -2.35. The Labute approximate surface area is 199 Å². The van der Waals surface area contributed by atoms with Crippen LogP contribution in [0.15, 0.2) is 65.6 Å². The molecule has 3 aromatic rings. The molecule has 0 bridgehead atoms. The van der Waals surface area contributed by atoms with E-state index in [2.05, 4.69) is 6.07 Å². The van der Waals surface area contributed by atoms with Gasteiger partial charge in [-0.15, -0.1) is 0 Å². The summed E-state index contributed by atoms with van der Waals surface area (Å²) < 4.78 is 32.6. The number of carbonyl (C=O) groups is 2. The summed E-state index contributed by atoms with van der Waals surface area (Å²) >= 11 is 0. The van der Waals surface area contributed by atoms with Crippen LogP contribution in [0.2, 0.25) is 0 Å². The summed E-state index contributed by atoms with van der Waals surface area (Å²) in [6.45, 7) is 2.44. The minimum absolute atomic E-state index is 0.193. The highest BCUT2D eigenvalue weighted by Gasteiger charge is 2.32. The van der Waals surface area contributed by atoms with E-state index in [4.69, 9.17) is 4.74 Å². The van der Waals surface area contributed by atoms with Crippen LogP contribution in [0.4, 0.5) is 0 Å². The van der Waals surface area contributed by atoms with E-state index in [0.29, 0.717) is 5.56 Å². The number of hydrogen-bond donors (Lipinski definition) is 0. The third kappa shape index (κ3) is 3.97. The first-order chi connectivity index (χ1) is 16.4. The van der Waals surface area contributed by atoms with Crippen LogP contribution in [0.3, 0.4) is 0 Å². The van der Waals surface area contributed by atoms with Crippen molar-refractivity contribution < 1.29 is 22.7 Å². The van der Waals surface area contributed by atoms with Crippen LogP contribution in [0, 0.1) is 0 Å². The lowest BCUT2D eigenvalue weighted by Crippen LogP contribution is -2.52. The highest BCUT2D eigenvalue weighted by molar-refractivity contribution is 7.89. The van der Waals surface area contributed by atoms with Crippen LogP contribution in [0.5, 0.6) is 0 Å². The van der Waals surface area contributed by atoms with Crippen molar-refractivity contribution in [3.8, 4) is 0 Å². The van der Waals surface area contributed by atoms with Gasteiger partial charge in [-0.25, -0.2) is 13.2 Å². The number of amides is 1. The van der Waals surface area contributed by atoms with E-state index in [1.54, 1.807) is 48.2 Å². The van der Waals surface area contributed by atoms with E-state index < -0.39 is 22.1 Å². The summed E-state index contributed by atoms with van der Waals surface area (Å²) in [7, 11) is -3.60. The molecule has 0 N–H and O–H groups in total. The van der Waals surface area contributed by atoms with Gasteiger partial charge in [0.2, 0.25) is 10.0 Å². The second-order valence-electron chi connectivity index (χ2n) is 8.70. The van der Waals surface area contributed by atoms with Gasteiger partial charge in [0.1, 0.15) is 0 Å². The highest BCUT2D eigenvalue weighted by Crippen LogP contribution is 2.33. The van der Waals surface area contributed by atoms with Crippen molar-refractivity contribution in [2.45, 2.75) is 30.8 Å². The van der Waals surface area contributed by atoms with E-state index >= 15 is 0 Å². The van der Waals surface area contributed by atoms with E-state index in [9.17, 15) is 18.0 Å². The molecule has 1 heterocycles. The number of esters is 1. The molecule has 176 valence electrons. The average molecular weight is 479 g/mol. The average Bonchev–Trinajstić information content (AvgIpc) is 3.29. The van der Waals surface area contributed by atoms with E-state index in [1.807, 2.05) is 18.2 Å². The Bertz CT molecular complexity index is 1350. The SMILES string of the molecule is CC(OC(=O)c1ccc2c3c(cccc13)CC2)C(=O)N1CCN(S(=O)(=O)c2ccccc2)CC1. The van der Waals surface area contributed by atoms with Crippen molar-refractivity contribution in [2.75, 3.05) is 26.2 Å². The Hall–Kier alpha value is -3.23. The standard InChI is InChI=1S/C26H26N2O5S/c1-18(33-26(30)23-13-12-20-11-10-19-6-5-9-22(23)24(19)20)25(29)27-14-16-28(17-15-27)34(31,32)21-7-3-2-4-8-21/h2-9,12-13,18H,10-11,14-17H2,1H3. The molecular formula is C26H26N2O5S. The van der Waals surface area contributed by atoms with Gasteiger partial charge < -0.3 is 9.64 Å². The van der Waals surface area contributed by atoms with Gasteiger partial charge in [-0.05, 0) is 59.9 Å². The van der Waals surface area contributed by atoms with Crippen LogP contribution in [0.1, 0.15) is 28.4 Å². The zero-order valence-corrected chi connectivity index (χ0v) is 19.8. The number of carbonyl (C=O) groups excluding carboxylic acids is 2. The van der Waals surface area contributed by atoms with Gasteiger partial charge in [-0.3, -0.25) is 4.79 Å². The van der Waals surface area contributed by atoms with Gasteiger partial charge in [0.15, 0.2) is 6.10 Å². The van der Waals surface area contributed by atoms with Crippen molar-refractivity contribution in [2.24, 2.45) is 0 Å². The number of ether oxygens (including phenoxy) is 1. The fraction of sp³-hybridized carbons (Fsp3) is 0.308. The summed E-state index contributed by atoms with van der Waals surface area (Å²) in [6.07, 6.45) is 0.964. The van der Waals surface area contributed by atoms with Crippen LogP contribution in [-0.4, -0.2) is 61.8 Å². The van der Waals surface area contributed by atoms with Gasteiger partial charge in [-0.1, -0.05) is 42.5 Å². The number of piperazine rings is 1. The molecule has 34 heavy (non-hydrogen) atoms. The number of nitrogens with zero attached hydrogens (tertiary/aromatic N) is 2. The van der Waals surface area contributed by atoms with Crippen molar-refractivity contribution in [3.63, 3.8) is 0 Å². The summed E-state index contributed by atoms with van der Waals surface area (Å²) in [4.78, 5) is 27.7. The molecule has 0 aromatic heterocycles. The molecule has 1 aliphatic heterocycles. The van der Waals surface area contributed by atoms with Gasteiger partial charge in [0.25, 0.3) is 5.91 Å². The molecule has 1 saturated heterocycles. The first-order valence-corrected chi connectivity index (χ1v) is 12.9. The lowest BCUT2D eigenvalue weighted by molar-refractivity contribution is -0.141. The smallest absolute Gasteiger partial charge is 0.339 e. The monoisotopic (exact) mass is 478 g/mol. The molecule has 1 atom stereocenters. The third-order valence-electron chi connectivity index (χ3n) is 6.66. The molecule has 3 aromatic carbocycles. The van der Waals surface area contributed by atoms with Gasteiger partial charge in [0.05, 0.1) is 10.5 Å². The maximum Gasteiger partial charge on any atom is 0.339 e. The Morgan fingerprint density at radius 3 is 2.24 bits per heavy atom. The summed E-state index contributed by atoms with van der Waals surface area (Å²) in [5.74, 6) is -0.849. The molecule has 0 radical (unpaired) electrons. The topological polar surface area (TPSA) is 84.0 Å². The molecule has 5 rings (SSSR count). The number of aryl methyl sites for hydroxylation is 2. The summed E-state index contributed by atoms with van der Waals surface area (Å²) in [6, 6.07) is 18.0. The summed E-state index contributed by atoms with van der Waals surface area (Å²) in [5.41, 5.74) is 2.92. The second kappa shape index (κ2) is 8.85. The Kier molecular flexibility index (Phi) is 5.87. The molecule has 1 aliphatic carbocycles. The minimum Gasteiger partial charge on any atom is -0.449 e. The van der Waals surface area contributed by atoms with Crippen LogP contribution in [-0.2, 0) is 32.4 Å². The maximum atomic E-state index is 13.0. The third-order valence-corrected chi connectivity index (χ3v) is 8.57. The van der Waals surface area contributed by atoms with Gasteiger partial charge in [-0.2, -0.15) is 4.31 Å². The van der Waals surface area contributed by atoms with Crippen molar-refractivity contribution in [3.05, 3.63) is 77.4 Å². The quantitative estimate of drug-likeness (QED) is 0.527. The molecule has 8 heteroatoms. The van der Waals surface area contributed by atoms with Crippen LogP contribution in [0.25, 0.3) is 10.8 Å². The van der Waals surface area contributed by atoms with Crippen molar-refractivity contribution in [1.82, 2.24) is 9.21 Å². The number of sulfonamides is 1. The van der Waals surface area contributed by atoms with Crippen molar-refractivity contribution >= 4 is 32.7 Å². The van der Waals surface area contributed by atoms with Gasteiger partial charge >= 0.3 is 5.97 Å². The molecule has 2 aliphatic rings. The molecule has 1 amide bonds. The second-order valence-corrected chi connectivity index (χ2v) is 10.6. The van der Waals surface area contributed by atoms with E-state index in [0.717, 1.165) is 23.6 Å². The molecule has 7 nitrogen and oxygen atoms in total. The van der Waals surface area contributed by atoms with Gasteiger partial charge in [0, 0.05) is 26.2 Å². The summed E-state index contributed by atoms with van der Waals surface area (Å²) in [5, 5.41) is 1.98. The number of rotatable bonds is 5. The Balaban J connectivity index is 1.24. The number of hydrogen-bond acceptors (Lipinski definition) is 5. The zero-order valence-electron chi connectivity index (χ0n) is 18.9. The fourth-order valence-corrected chi connectivity index (χ4v) is 6.29. The first kappa shape index (κ1) is 22.6. The molecular weight excluding hydrogens is 452 g/mol. The minimum atomic E-state index is -3.60. The molecule has 1 fully saturated rings. The fourth-order valence-electron chi connectivity index (χ4n) is 4.85. The highest BCUT2D eigenvalue weighted by atomic mass is 32.2. The predicted octanol–water partition coefficient (Wildman–Crippen LogP) is 3.02. The largest absolute Gasteiger partial charge is 0.449 e.